The van der Waals surface area contributed by atoms with E-state index < -0.39 is 0 Å². The first-order valence-electron chi connectivity index (χ1n) is 5.65. The van der Waals surface area contributed by atoms with E-state index in [9.17, 15) is 4.79 Å². The Hall–Kier alpha value is -0.790. The van der Waals surface area contributed by atoms with Gasteiger partial charge in [0.25, 0.3) is 0 Å². The average Bonchev–Trinajstić information content (AvgIpc) is 2.30. The molecule has 1 aliphatic rings. The molecule has 0 aromatic heterocycles. The van der Waals surface area contributed by atoms with Crippen LogP contribution in [-0.2, 0) is 9.53 Å². The highest BCUT2D eigenvalue weighted by atomic mass is 16.5. The minimum atomic E-state index is -0.105. The van der Waals surface area contributed by atoms with Gasteiger partial charge in [-0.1, -0.05) is 40.2 Å². The molecule has 2 nitrogen and oxygen atoms in total. The van der Waals surface area contributed by atoms with Gasteiger partial charge < -0.3 is 4.74 Å². The Labute approximate surface area is 92.7 Å². The maximum Gasteiger partial charge on any atom is 0.308 e. The molecule has 1 rings (SSSR count). The van der Waals surface area contributed by atoms with Crippen LogP contribution in [0.2, 0.25) is 0 Å². The number of carbonyl (C=O) groups is 1. The van der Waals surface area contributed by atoms with E-state index in [0.717, 1.165) is 0 Å². The lowest BCUT2D eigenvalue weighted by molar-refractivity contribution is -0.155. The van der Waals surface area contributed by atoms with Crippen molar-refractivity contribution < 1.29 is 9.53 Å². The van der Waals surface area contributed by atoms with Crippen LogP contribution in [0.1, 0.15) is 41.5 Å². The molecule has 2 unspecified atom stereocenters. The highest BCUT2D eigenvalue weighted by Crippen LogP contribution is 2.43. The maximum atomic E-state index is 11.5. The lowest BCUT2D eigenvalue weighted by Gasteiger charge is -2.31. The second-order valence-electron chi connectivity index (χ2n) is 5.47. The van der Waals surface area contributed by atoms with Gasteiger partial charge in [0.05, 0.1) is 5.92 Å². The van der Waals surface area contributed by atoms with Gasteiger partial charge in [0.2, 0.25) is 0 Å². The summed E-state index contributed by atoms with van der Waals surface area (Å²) >= 11 is 0. The van der Waals surface area contributed by atoms with Crippen molar-refractivity contribution in [1.29, 1.82) is 0 Å². The van der Waals surface area contributed by atoms with E-state index in [2.05, 4.69) is 33.8 Å². The molecule has 0 spiro atoms. The molecule has 86 valence electrons. The highest BCUT2D eigenvalue weighted by molar-refractivity contribution is 5.72. The summed E-state index contributed by atoms with van der Waals surface area (Å²) in [5.41, 5.74) is 1.34. The lowest BCUT2D eigenvalue weighted by Crippen LogP contribution is -2.34. The third kappa shape index (κ3) is 2.24. The molecular weight excluding hydrogens is 188 g/mol. The van der Waals surface area contributed by atoms with Crippen LogP contribution >= 0.6 is 0 Å². The third-order valence-corrected chi connectivity index (χ3v) is 3.66. The standard InChI is InChI=1S/C13H22O2/c1-8(2)12(14)15-11-7-9(3)10(4)13(11,5)6/h7-8,10-11H,1-6H3. The fourth-order valence-electron chi connectivity index (χ4n) is 1.88. The zero-order valence-corrected chi connectivity index (χ0v) is 10.6. The topological polar surface area (TPSA) is 26.3 Å². The van der Waals surface area contributed by atoms with Crippen LogP contribution in [0.3, 0.4) is 0 Å². The van der Waals surface area contributed by atoms with Crippen LogP contribution in [-0.4, -0.2) is 12.1 Å². The van der Waals surface area contributed by atoms with Crippen LogP contribution in [0.15, 0.2) is 11.6 Å². The van der Waals surface area contributed by atoms with Gasteiger partial charge in [-0.25, -0.2) is 0 Å². The summed E-state index contributed by atoms with van der Waals surface area (Å²) in [5, 5.41) is 0. The lowest BCUT2D eigenvalue weighted by atomic mass is 9.78. The number of hydrogen-bond donors (Lipinski definition) is 0. The summed E-state index contributed by atoms with van der Waals surface area (Å²) < 4.78 is 5.51. The predicted octanol–water partition coefficient (Wildman–Crippen LogP) is 3.18. The number of allylic oxidation sites excluding steroid dienone is 1. The van der Waals surface area contributed by atoms with E-state index in [1.165, 1.54) is 5.57 Å². The van der Waals surface area contributed by atoms with Crippen molar-refractivity contribution in [3.8, 4) is 0 Å². The van der Waals surface area contributed by atoms with Gasteiger partial charge in [0.1, 0.15) is 6.10 Å². The van der Waals surface area contributed by atoms with Gasteiger partial charge in [-0.05, 0) is 18.9 Å². The Kier molecular flexibility index (Phi) is 3.27. The van der Waals surface area contributed by atoms with E-state index in [1.807, 2.05) is 13.8 Å². The molecule has 2 atom stereocenters. The average molecular weight is 210 g/mol. The number of esters is 1. The van der Waals surface area contributed by atoms with Crippen molar-refractivity contribution in [3.63, 3.8) is 0 Å². The molecule has 15 heavy (non-hydrogen) atoms. The molecule has 0 aliphatic heterocycles. The summed E-state index contributed by atoms with van der Waals surface area (Å²) in [6.45, 7) is 12.3. The molecule has 0 aromatic carbocycles. The van der Waals surface area contributed by atoms with Crippen molar-refractivity contribution in [2.24, 2.45) is 17.3 Å². The Bertz CT molecular complexity index is 287. The Balaban J connectivity index is 2.76. The van der Waals surface area contributed by atoms with Gasteiger partial charge in [0.15, 0.2) is 0 Å². The van der Waals surface area contributed by atoms with E-state index in [4.69, 9.17) is 4.74 Å². The molecular formula is C13H22O2. The first kappa shape index (κ1) is 12.3. The second-order valence-corrected chi connectivity index (χ2v) is 5.47. The van der Waals surface area contributed by atoms with E-state index in [0.29, 0.717) is 5.92 Å². The van der Waals surface area contributed by atoms with E-state index in [1.54, 1.807) is 0 Å². The first-order valence-corrected chi connectivity index (χ1v) is 5.65. The molecule has 0 saturated heterocycles. The zero-order valence-electron chi connectivity index (χ0n) is 10.6. The molecule has 0 radical (unpaired) electrons. The second kappa shape index (κ2) is 3.99. The molecule has 2 heteroatoms. The summed E-state index contributed by atoms with van der Waals surface area (Å²) in [6.07, 6.45) is 2.02. The third-order valence-electron chi connectivity index (χ3n) is 3.66. The number of carbonyl (C=O) groups excluding carboxylic acids is 1. The van der Waals surface area contributed by atoms with Crippen molar-refractivity contribution >= 4 is 5.97 Å². The summed E-state index contributed by atoms with van der Waals surface area (Å²) in [7, 11) is 0. The molecule has 1 aliphatic carbocycles. The van der Waals surface area contributed by atoms with Crippen LogP contribution < -0.4 is 0 Å². The highest BCUT2D eigenvalue weighted by Gasteiger charge is 2.42. The fourth-order valence-corrected chi connectivity index (χ4v) is 1.88. The van der Waals surface area contributed by atoms with Crippen molar-refractivity contribution in [2.75, 3.05) is 0 Å². The monoisotopic (exact) mass is 210 g/mol. The minimum Gasteiger partial charge on any atom is -0.457 e. The van der Waals surface area contributed by atoms with Gasteiger partial charge in [-0.15, -0.1) is 0 Å². The van der Waals surface area contributed by atoms with E-state index >= 15 is 0 Å². The normalized spacial score (nSPS) is 29.1. The smallest absolute Gasteiger partial charge is 0.308 e. The zero-order chi connectivity index (χ0) is 11.8. The van der Waals surface area contributed by atoms with Crippen molar-refractivity contribution in [3.05, 3.63) is 11.6 Å². The quantitative estimate of drug-likeness (QED) is 0.517. The largest absolute Gasteiger partial charge is 0.457 e. The van der Waals surface area contributed by atoms with Crippen LogP contribution in [0, 0.1) is 17.3 Å². The van der Waals surface area contributed by atoms with E-state index in [-0.39, 0.29) is 23.4 Å². The minimum absolute atomic E-state index is 0.0225. The maximum absolute atomic E-state index is 11.5. The molecule has 0 bridgehead atoms. The number of ether oxygens (including phenoxy) is 1. The van der Waals surface area contributed by atoms with Crippen LogP contribution in [0.25, 0.3) is 0 Å². The molecule has 0 amide bonds. The number of hydrogen-bond acceptors (Lipinski definition) is 2. The summed E-state index contributed by atoms with van der Waals surface area (Å²) in [5.74, 6) is 0.319. The summed E-state index contributed by atoms with van der Waals surface area (Å²) in [6, 6.07) is 0. The Morgan fingerprint density at radius 2 is 2.00 bits per heavy atom. The molecule has 0 fully saturated rings. The fraction of sp³-hybridized carbons (Fsp3) is 0.769. The number of rotatable bonds is 2. The SMILES string of the molecule is CC1=CC(OC(=O)C(C)C)C(C)(C)C1C. The Morgan fingerprint density at radius 3 is 2.33 bits per heavy atom. The summed E-state index contributed by atoms with van der Waals surface area (Å²) in [4.78, 5) is 11.5. The van der Waals surface area contributed by atoms with Crippen molar-refractivity contribution in [2.45, 2.75) is 47.6 Å². The molecule has 0 heterocycles. The van der Waals surface area contributed by atoms with Gasteiger partial charge >= 0.3 is 5.97 Å². The van der Waals surface area contributed by atoms with Gasteiger partial charge in [-0.2, -0.15) is 0 Å². The predicted molar refractivity (Wildman–Crippen MR) is 61.4 cm³/mol. The van der Waals surface area contributed by atoms with Crippen LogP contribution in [0.4, 0.5) is 0 Å². The Morgan fingerprint density at radius 1 is 1.47 bits per heavy atom. The van der Waals surface area contributed by atoms with Crippen LogP contribution in [0.5, 0.6) is 0 Å². The van der Waals surface area contributed by atoms with Gasteiger partial charge in [-0.3, -0.25) is 4.79 Å². The van der Waals surface area contributed by atoms with Crippen molar-refractivity contribution in [1.82, 2.24) is 0 Å². The molecule has 0 aromatic rings. The first-order chi connectivity index (χ1) is 6.76. The molecule has 0 N–H and O–H groups in total. The van der Waals surface area contributed by atoms with Gasteiger partial charge in [0, 0.05) is 5.41 Å². The molecule has 0 saturated carbocycles.